The van der Waals surface area contributed by atoms with E-state index in [9.17, 15) is 22.8 Å². The Morgan fingerprint density at radius 2 is 1.91 bits per heavy atom. The van der Waals surface area contributed by atoms with Crippen LogP contribution in [0.5, 0.6) is 0 Å². The second kappa shape index (κ2) is 5.40. The van der Waals surface area contributed by atoms with Crippen molar-refractivity contribution in [1.29, 1.82) is 0 Å². The summed E-state index contributed by atoms with van der Waals surface area (Å²) in [5, 5.41) is 2.30. The Bertz CT molecular complexity index is 648. The van der Waals surface area contributed by atoms with Gasteiger partial charge in [0.25, 0.3) is 5.56 Å². The molecule has 0 bridgehead atoms. The van der Waals surface area contributed by atoms with Gasteiger partial charge in [0, 0.05) is 6.07 Å². The fraction of sp³-hybridized carbons (Fsp3) is 0.643. The molecule has 0 radical (unpaired) electrons. The zero-order valence-corrected chi connectivity index (χ0v) is 11.8. The van der Waals surface area contributed by atoms with Gasteiger partial charge in [-0.05, 0) is 12.3 Å². The summed E-state index contributed by atoms with van der Waals surface area (Å²) in [6, 6.07) is -0.294. The van der Waals surface area contributed by atoms with Crippen molar-refractivity contribution in [2.24, 2.45) is 5.92 Å². The van der Waals surface area contributed by atoms with Gasteiger partial charge in [-0.15, -0.1) is 0 Å². The van der Waals surface area contributed by atoms with Crippen LogP contribution in [0.1, 0.15) is 50.3 Å². The average Bonchev–Trinajstić information content (AvgIpc) is 2.76. The molecule has 1 aliphatic heterocycles. The lowest BCUT2D eigenvalue weighted by atomic mass is 9.85. The van der Waals surface area contributed by atoms with E-state index in [4.69, 9.17) is 0 Å². The van der Waals surface area contributed by atoms with Crippen molar-refractivity contribution in [1.82, 2.24) is 9.55 Å². The Balaban J connectivity index is 1.91. The summed E-state index contributed by atoms with van der Waals surface area (Å²) >= 11 is 0. The lowest BCUT2D eigenvalue weighted by molar-refractivity contribution is -0.141. The molecule has 8 heteroatoms. The predicted molar refractivity (Wildman–Crippen MR) is 72.4 cm³/mol. The summed E-state index contributed by atoms with van der Waals surface area (Å²) in [5.74, 6) is -0.426. The maximum atomic E-state index is 12.7. The Morgan fingerprint density at radius 1 is 1.23 bits per heavy atom. The van der Waals surface area contributed by atoms with Crippen LogP contribution >= 0.6 is 0 Å². The summed E-state index contributed by atoms with van der Waals surface area (Å²) < 4.78 is 39.1. The minimum absolute atomic E-state index is 0.300. The fourth-order valence-corrected chi connectivity index (χ4v) is 3.29. The van der Waals surface area contributed by atoms with Gasteiger partial charge in [0.2, 0.25) is 11.9 Å². The molecule has 5 nitrogen and oxygen atoms in total. The van der Waals surface area contributed by atoms with E-state index in [0.29, 0.717) is 18.4 Å². The highest BCUT2D eigenvalue weighted by Gasteiger charge is 2.39. The van der Waals surface area contributed by atoms with Gasteiger partial charge in [0.15, 0.2) is 5.69 Å². The van der Waals surface area contributed by atoms with E-state index >= 15 is 0 Å². The van der Waals surface area contributed by atoms with Gasteiger partial charge >= 0.3 is 6.18 Å². The van der Waals surface area contributed by atoms with Crippen molar-refractivity contribution in [3.63, 3.8) is 0 Å². The molecule has 1 aromatic rings. The topological polar surface area (TPSA) is 64.0 Å². The first kappa shape index (κ1) is 15.1. The van der Waals surface area contributed by atoms with Gasteiger partial charge in [-0.25, -0.2) is 4.98 Å². The van der Waals surface area contributed by atoms with E-state index in [-0.39, 0.29) is 5.95 Å². The minimum atomic E-state index is -4.71. The first-order chi connectivity index (χ1) is 10.4. The smallest absolute Gasteiger partial charge is 0.294 e. The number of amides is 1. The molecule has 120 valence electrons. The number of nitrogens with one attached hydrogen (secondary N) is 1. The van der Waals surface area contributed by atoms with Gasteiger partial charge in [-0.3, -0.25) is 19.5 Å². The number of hydrogen-bond donors (Lipinski definition) is 1. The highest BCUT2D eigenvalue weighted by Crippen LogP contribution is 2.35. The second-order valence-electron chi connectivity index (χ2n) is 5.92. The number of carbonyl (C=O) groups is 1. The molecular formula is C14H16F3N3O2. The molecule has 2 aliphatic rings. The van der Waals surface area contributed by atoms with Crippen molar-refractivity contribution in [2.75, 3.05) is 5.32 Å². The second-order valence-corrected chi connectivity index (χ2v) is 5.92. The molecule has 0 aromatic carbocycles. The first-order valence-electron chi connectivity index (χ1n) is 7.38. The summed E-state index contributed by atoms with van der Waals surface area (Å²) in [6.45, 7) is 0. The molecule has 1 amide bonds. The minimum Gasteiger partial charge on any atom is -0.294 e. The molecule has 22 heavy (non-hydrogen) atoms. The maximum absolute atomic E-state index is 12.7. The van der Waals surface area contributed by atoms with Gasteiger partial charge in [0.1, 0.15) is 6.04 Å². The van der Waals surface area contributed by atoms with Crippen LogP contribution < -0.4 is 10.9 Å². The molecule has 1 atom stereocenters. The van der Waals surface area contributed by atoms with Crippen molar-refractivity contribution >= 4 is 11.9 Å². The zero-order chi connectivity index (χ0) is 15.9. The number of hydrogen-bond acceptors (Lipinski definition) is 3. The van der Waals surface area contributed by atoms with Crippen molar-refractivity contribution in [2.45, 2.75) is 50.7 Å². The van der Waals surface area contributed by atoms with Crippen molar-refractivity contribution in [3.8, 4) is 0 Å². The van der Waals surface area contributed by atoms with Crippen LogP contribution in [-0.2, 0) is 11.0 Å². The van der Waals surface area contributed by atoms with E-state index < -0.39 is 29.4 Å². The van der Waals surface area contributed by atoms with E-state index in [0.717, 1.165) is 30.3 Å². The molecule has 3 rings (SSSR count). The van der Waals surface area contributed by atoms with Gasteiger partial charge in [0.05, 0.1) is 0 Å². The molecule has 0 spiro atoms. The molecule has 1 aromatic heterocycles. The van der Waals surface area contributed by atoms with Crippen LogP contribution in [0.2, 0.25) is 0 Å². The summed E-state index contributed by atoms with van der Waals surface area (Å²) in [4.78, 5) is 27.4. The first-order valence-corrected chi connectivity index (χ1v) is 7.38. The van der Waals surface area contributed by atoms with E-state index in [1.807, 2.05) is 0 Å². The molecule has 1 unspecified atom stereocenters. The predicted octanol–water partition coefficient (Wildman–Crippen LogP) is 2.73. The molecule has 1 fully saturated rings. The third-order valence-corrected chi connectivity index (χ3v) is 4.37. The SMILES string of the molecule is O=C1Nc2nc(C(F)(F)F)cc(=O)n2C1CC1CCCCC1. The Kier molecular flexibility index (Phi) is 3.70. The lowest BCUT2D eigenvalue weighted by Crippen LogP contribution is -2.28. The van der Waals surface area contributed by atoms with E-state index in [1.165, 1.54) is 6.42 Å². The van der Waals surface area contributed by atoms with Crippen molar-refractivity contribution in [3.05, 3.63) is 22.1 Å². The van der Waals surface area contributed by atoms with E-state index in [1.54, 1.807) is 0 Å². The number of nitrogens with zero attached hydrogens (tertiary/aromatic N) is 2. The number of aromatic nitrogens is 2. The third-order valence-electron chi connectivity index (χ3n) is 4.37. The monoisotopic (exact) mass is 315 g/mol. The van der Waals surface area contributed by atoms with Crippen LogP contribution in [0.15, 0.2) is 10.9 Å². The summed E-state index contributed by atoms with van der Waals surface area (Å²) in [6.07, 6.45) is 1.09. The van der Waals surface area contributed by atoms with Gasteiger partial charge in [-0.1, -0.05) is 32.1 Å². The van der Waals surface area contributed by atoms with Gasteiger partial charge < -0.3 is 0 Å². The third kappa shape index (κ3) is 2.74. The number of halogens is 3. The van der Waals surface area contributed by atoms with E-state index in [2.05, 4.69) is 10.3 Å². The highest BCUT2D eigenvalue weighted by molar-refractivity contribution is 5.96. The van der Waals surface area contributed by atoms with Crippen LogP contribution in [0.3, 0.4) is 0 Å². The molecule has 0 saturated heterocycles. The Hall–Kier alpha value is -1.86. The average molecular weight is 315 g/mol. The Labute approximate surface area is 124 Å². The number of rotatable bonds is 2. The molecular weight excluding hydrogens is 299 g/mol. The Morgan fingerprint density at radius 3 is 2.55 bits per heavy atom. The molecule has 1 saturated carbocycles. The molecule has 2 heterocycles. The molecule has 1 N–H and O–H groups in total. The quantitative estimate of drug-likeness (QED) is 0.912. The zero-order valence-electron chi connectivity index (χ0n) is 11.8. The van der Waals surface area contributed by atoms with Gasteiger partial charge in [-0.2, -0.15) is 13.2 Å². The number of carbonyl (C=O) groups excluding carboxylic acids is 1. The number of fused-ring (bicyclic) bond motifs is 1. The normalized spacial score (nSPS) is 22.5. The standard InChI is InChI=1S/C14H16F3N3O2/c15-14(16,17)10-7-11(21)20-9(12(22)19-13(20)18-10)6-8-4-2-1-3-5-8/h7-9H,1-6H2,(H,18,19,22). The number of anilines is 1. The van der Waals surface area contributed by atoms with Crippen LogP contribution in [-0.4, -0.2) is 15.5 Å². The maximum Gasteiger partial charge on any atom is 0.433 e. The van der Waals surface area contributed by atoms with Crippen LogP contribution in [0.25, 0.3) is 0 Å². The van der Waals surface area contributed by atoms with Crippen LogP contribution in [0, 0.1) is 5.92 Å². The fourth-order valence-electron chi connectivity index (χ4n) is 3.29. The van der Waals surface area contributed by atoms with Crippen LogP contribution in [0.4, 0.5) is 19.1 Å². The largest absolute Gasteiger partial charge is 0.433 e. The van der Waals surface area contributed by atoms with Crippen molar-refractivity contribution < 1.29 is 18.0 Å². The summed E-state index contributed by atoms with van der Waals surface area (Å²) in [5.41, 5.74) is -2.11. The highest BCUT2D eigenvalue weighted by atomic mass is 19.4. The molecule has 1 aliphatic carbocycles. The lowest BCUT2D eigenvalue weighted by Gasteiger charge is -2.24. The summed E-state index contributed by atoms with van der Waals surface area (Å²) in [7, 11) is 0. The number of alkyl halides is 3.